The molecule has 2 atom stereocenters. The van der Waals surface area contributed by atoms with Crippen LogP contribution in [0, 0.1) is 5.92 Å². The summed E-state index contributed by atoms with van der Waals surface area (Å²) < 4.78 is 5.24. The van der Waals surface area contributed by atoms with Crippen molar-refractivity contribution in [1.29, 1.82) is 0 Å². The molecular formula is C25H38N2O. The minimum atomic E-state index is 0.153. The lowest BCUT2D eigenvalue weighted by Gasteiger charge is -2.27. The van der Waals surface area contributed by atoms with Gasteiger partial charge in [0.1, 0.15) is 5.75 Å². The number of benzene rings is 2. The van der Waals surface area contributed by atoms with Crippen LogP contribution in [0.1, 0.15) is 56.7 Å². The van der Waals surface area contributed by atoms with Gasteiger partial charge in [-0.3, -0.25) is 0 Å². The molecule has 3 nitrogen and oxygen atoms in total. The van der Waals surface area contributed by atoms with Crippen molar-refractivity contribution in [2.75, 3.05) is 13.7 Å². The van der Waals surface area contributed by atoms with Crippen LogP contribution >= 0.6 is 0 Å². The number of methoxy groups -OCH3 is 1. The van der Waals surface area contributed by atoms with Crippen LogP contribution in [0.3, 0.4) is 0 Å². The second-order valence-electron chi connectivity index (χ2n) is 8.55. The summed E-state index contributed by atoms with van der Waals surface area (Å²) >= 11 is 0. The predicted octanol–water partition coefficient (Wildman–Crippen LogP) is 4.94. The van der Waals surface area contributed by atoms with Gasteiger partial charge in [0, 0.05) is 12.1 Å². The summed E-state index contributed by atoms with van der Waals surface area (Å²) in [5.41, 5.74) is 10.6. The van der Waals surface area contributed by atoms with Gasteiger partial charge in [0.15, 0.2) is 0 Å². The van der Waals surface area contributed by atoms with E-state index in [1.165, 1.54) is 16.7 Å². The van der Waals surface area contributed by atoms with Gasteiger partial charge >= 0.3 is 0 Å². The van der Waals surface area contributed by atoms with E-state index in [0.717, 1.165) is 31.6 Å². The van der Waals surface area contributed by atoms with Gasteiger partial charge < -0.3 is 15.8 Å². The van der Waals surface area contributed by atoms with Gasteiger partial charge in [0.2, 0.25) is 0 Å². The van der Waals surface area contributed by atoms with Crippen molar-refractivity contribution in [3.05, 3.63) is 65.2 Å². The lowest BCUT2D eigenvalue weighted by Crippen LogP contribution is -2.47. The van der Waals surface area contributed by atoms with Gasteiger partial charge in [-0.25, -0.2) is 0 Å². The lowest BCUT2D eigenvalue weighted by molar-refractivity contribution is 0.374. The third-order valence-corrected chi connectivity index (χ3v) is 5.34. The summed E-state index contributed by atoms with van der Waals surface area (Å²) in [7, 11) is 1.70. The number of nitrogens with one attached hydrogen (secondary N) is 1. The van der Waals surface area contributed by atoms with Crippen LogP contribution in [-0.2, 0) is 12.8 Å². The maximum absolute atomic E-state index is 6.58. The van der Waals surface area contributed by atoms with Crippen LogP contribution in [0.25, 0.3) is 0 Å². The average Bonchev–Trinajstić information content (AvgIpc) is 2.67. The Hall–Kier alpha value is -1.84. The van der Waals surface area contributed by atoms with Crippen LogP contribution in [0.5, 0.6) is 5.75 Å². The molecule has 0 bridgehead atoms. The van der Waals surface area contributed by atoms with E-state index in [4.69, 9.17) is 10.5 Å². The van der Waals surface area contributed by atoms with Gasteiger partial charge in [0.25, 0.3) is 0 Å². The summed E-state index contributed by atoms with van der Waals surface area (Å²) in [6, 6.07) is 17.8. The first kappa shape index (κ1) is 22.4. The molecule has 3 heteroatoms. The molecule has 2 rings (SSSR count). The molecule has 0 amide bonds. The van der Waals surface area contributed by atoms with Crippen LogP contribution in [0.2, 0.25) is 0 Å². The molecular weight excluding hydrogens is 344 g/mol. The van der Waals surface area contributed by atoms with Crippen molar-refractivity contribution in [1.82, 2.24) is 5.32 Å². The molecule has 0 radical (unpaired) electrons. The molecule has 3 N–H and O–H groups in total. The summed E-state index contributed by atoms with van der Waals surface area (Å²) in [6.45, 7) is 9.87. The maximum Gasteiger partial charge on any atom is 0.118 e. The Kier molecular flexibility index (Phi) is 9.01. The monoisotopic (exact) mass is 382 g/mol. The zero-order valence-electron chi connectivity index (χ0n) is 18.2. The molecule has 154 valence electrons. The van der Waals surface area contributed by atoms with Crippen molar-refractivity contribution >= 4 is 0 Å². The molecule has 0 aliphatic rings. The van der Waals surface area contributed by atoms with Crippen molar-refractivity contribution in [3.8, 4) is 5.75 Å². The summed E-state index contributed by atoms with van der Waals surface area (Å²) in [4.78, 5) is 0. The molecule has 0 aliphatic carbocycles. The maximum atomic E-state index is 6.58. The van der Waals surface area contributed by atoms with Crippen LogP contribution in [0.4, 0.5) is 0 Å². The normalized spacial score (nSPS) is 13.7. The molecule has 0 spiro atoms. The van der Waals surface area contributed by atoms with E-state index in [9.17, 15) is 0 Å². The molecule has 0 fully saturated rings. The largest absolute Gasteiger partial charge is 0.497 e. The van der Waals surface area contributed by atoms with E-state index < -0.39 is 0 Å². The highest BCUT2D eigenvalue weighted by Gasteiger charge is 2.19. The first-order valence-corrected chi connectivity index (χ1v) is 10.6. The Morgan fingerprint density at radius 3 is 2.04 bits per heavy atom. The molecule has 0 aromatic heterocycles. The standard InChI is InChI=1S/C25H38N2O/c1-18(2)16-24(26)25(17-21-6-10-22(11-7-21)19(3)4)27-15-14-20-8-12-23(28-5)13-9-20/h6-13,18-19,24-25,27H,14-17,26H2,1-5H3. The van der Waals surface area contributed by atoms with Gasteiger partial charge in [-0.1, -0.05) is 64.1 Å². The van der Waals surface area contributed by atoms with Gasteiger partial charge in [0.05, 0.1) is 7.11 Å². The topological polar surface area (TPSA) is 47.3 Å². The Balaban J connectivity index is 1.97. The Morgan fingerprint density at radius 2 is 1.50 bits per heavy atom. The lowest BCUT2D eigenvalue weighted by atomic mass is 9.92. The second-order valence-corrected chi connectivity index (χ2v) is 8.55. The predicted molar refractivity (Wildman–Crippen MR) is 120 cm³/mol. The van der Waals surface area contributed by atoms with E-state index >= 15 is 0 Å². The van der Waals surface area contributed by atoms with E-state index in [2.05, 4.69) is 69.4 Å². The van der Waals surface area contributed by atoms with Gasteiger partial charge in [-0.2, -0.15) is 0 Å². The number of nitrogens with two attached hydrogens (primary N) is 1. The van der Waals surface area contributed by atoms with Crippen molar-refractivity contribution in [2.45, 2.75) is 65.0 Å². The van der Waals surface area contributed by atoms with Crippen molar-refractivity contribution in [3.63, 3.8) is 0 Å². The second kappa shape index (κ2) is 11.2. The van der Waals surface area contributed by atoms with E-state index in [1.807, 2.05) is 12.1 Å². The highest BCUT2D eigenvalue weighted by molar-refractivity contribution is 5.27. The van der Waals surface area contributed by atoms with E-state index in [1.54, 1.807) is 7.11 Å². The highest BCUT2D eigenvalue weighted by atomic mass is 16.5. The summed E-state index contributed by atoms with van der Waals surface area (Å²) in [5, 5.41) is 3.73. The first-order chi connectivity index (χ1) is 13.4. The van der Waals surface area contributed by atoms with E-state index in [0.29, 0.717) is 11.8 Å². The third kappa shape index (κ3) is 7.29. The minimum Gasteiger partial charge on any atom is -0.497 e. The molecule has 2 aromatic rings. The fourth-order valence-electron chi connectivity index (χ4n) is 3.57. The molecule has 28 heavy (non-hydrogen) atoms. The third-order valence-electron chi connectivity index (χ3n) is 5.34. The van der Waals surface area contributed by atoms with Crippen molar-refractivity contribution < 1.29 is 4.74 Å². The van der Waals surface area contributed by atoms with Crippen LogP contribution in [0.15, 0.2) is 48.5 Å². The Labute approximate surface area is 171 Å². The smallest absolute Gasteiger partial charge is 0.118 e. The molecule has 0 saturated heterocycles. The van der Waals surface area contributed by atoms with Crippen molar-refractivity contribution in [2.24, 2.45) is 11.7 Å². The minimum absolute atomic E-state index is 0.153. The molecule has 2 aromatic carbocycles. The Morgan fingerprint density at radius 1 is 0.893 bits per heavy atom. The summed E-state index contributed by atoms with van der Waals surface area (Å²) in [5.74, 6) is 2.07. The molecule has 0 heterocycles. The number of rotatable bonds is 11. The zero-order valence-corrected chi connectivity index (χ0v) is 18.2. The van der Waals surface area contributed by atoms with Crippen LogP contribution < -0.4 is 15.8 Å². The molecule has 0 saturated carbocycles. The van der Waals surface area contributed by atoms with E-state index in [-0.39, 0.29) is 12.1 Å². The average molecular weight is 383 g/mol. The quantitative estimate of drug-likeness (QED) is 0.579. The SMILES string of the molecule is COc1ccc(CCNC(Cc2ccc(C(C)C)cc2)C(N)CC(C)C)cc1. The molecule has 2 unspecified atom stereocenters. The van der Waals surface area contributed by atoms with Gasteiger partial charge in [-0.15, -0.1) is 0 Å². The molecule has 0 aliphatic heterocycles. The summed E-state index contributed by atoms with van der Waals surface area (Å²) in [6.07, 6.45) is 2.99. The number of ether oxygens (including phenoxy) is 1. The highest BCUT2D eigenvalue weighted by Crippen LogP contribution is 2.17. The number of hydrogen-bond donors (Lipinski definition) is 2. The fourth-order valence-corrected chi connectivity index (χ4v) is 3.57. The van der Waals surface area contributed by atoms with Gasteiger partial charge in [-0.05, 0) is 66.5 Å². The Bertz CT molecular complexity index is 677. The zero-order chi connectivity index (χ0) is 20.5. The number of hydrogen-bond acceptors (Lipinski definition) is 3. The first-order valence-electron chi connectivity index (χ1n) is 10.6. The fraction of sp³-hybridized carbons (Fsp3) is 0.520. The van der Waals surface area contributed by atoms with Crippen LogP contribution in [-0.4, -0.2) is 25.7 Å².